The van der Waals surface area contributed by atoms with E-state index in [1.54, 1.807) is 19.1 Å². The Kier molecular flexibility index (Phi) is 4.33. The molecule has 0 amide bonds. The number of carboxylic acid groups (broad SMARTS) is 2. The minimum atomic E-state index is -2.17. The molecule has 1 aromatic carbocycles. The van der Waals surface area contributed by atoms with E-state index in [9.17, 15) is 19.8 Å². The quantitative estimate of drug-likeness (QED) is 0.549. The van der Waals surface area contributed by atoms with Crippen LogP contribution in [-0.4, -0.2) is 24.6 Å². The zero-order chi connectivity index (χ0) is 12.8. The molecule has 0 saturated carbocycles. The van der Waals surface area contributed by atoms with Gasteiger partial charge in [-0.3, -0.25) is 0 Å². The molecule has 1 aromatic rings. The van der Waals surface area contributed by atoms with Gasteiger partial charge in [-0.1, -0.05) is 12.1 Å². The highest BCUT2D eigenvalue weighted by molar-refractivity contribution is 5.94. The highest BCUT2D eigenvalue weighted by atomic mass is 16.6. The molecule has 0 atom stereocenters. The summed E-state index contributed by atoms with van der Waals surface area (Å²) in [7, 11) is 0. The second-order valence-corrected chi connectivity index (χ2v) is 3.02. The number of hydrogen-bond acceptors (Lipinski definition) is 6. The van der Waals surface area contributed by atoms with Gasteiger partial charge in [0, 0.05) is 0 Å². The van der Waals surface area contributed by atoms with Gasteiger partial charge in [-0.05, 0) is 19.1 Å². The Morgan fingerprint density at radius 2 is 1.71 bits per heavy atom. The van der Waals surface area contributed by atoms with E-state index in [-0.39, 0.29) is 11.5 Å². The second kappa shape index (κ2) is 5.74. The monoisotopic (exact) mass is 238 g/mol. The molecule has 0 N–H and O–H groups in total. The summed E-state index contributed by atoms with van der Waals surface area (Å²) in [6.07, 6.45) is -2.17. The van der Waals surface area contributed by atoms with Crippen LogP contribution in [0.4, 0.5) is 0 Å². The topological polar surface area (TPSA) is 98.7 Å². The molecule has 1 rings (SSSR count). The van der Waals surface area contributed by atoms with Gasteiger partial charge < -0.3 is 29.3 Å². The van der Waals surface area contributed by atoms with E-state index < -0.39 is 18.0 Å². The third-order valence-corrected chi connectivity index (χ3v) is 1.82. The first-order valence-electron chi connectivity index (χ1n) is 4.86. The van der Waals surface area contributed by atoms with Crippen molar-refractivity contribution in [2.45, 2.75) is 13.0 Å². The van der Waals surface area contributed by atoms with Crippen molar-refractivity contribution in [3.63, 3.8) is 0 Å². The number of benzene rings is 1. The normalized spacial score (nSPS) is 10.0. The predicted molar refractivity (Wildman–Crippen MR) is 52.0 cm³/mol. The van der Waals surface area contributed by atoms with E-state index in [4.69, 9.17) is 9.47 Å². The number of carbonyl (C=O) groups excluding carboxylic acids is 2. The SMILES string of the molecule is CCOc1ccccc1OC(C(=O)[O-])C(=O)[O-]. The maximum Gasteiger partial charge on any atom is 0.177 e. The van der Waals surface area contributed by atoms with Crippen LogP contribution in [-0.2, 0) is 9.59 Å². The summed E-state index contributed by atoms with van der Waals surface area (Å²) in [5, 5.41) is 21.0. The van der Waals surface area contributed by atoms with Crippen molar-refractivity contribution in [2.75, 3.05) is 6.61 Å². The lowest BCUT2D eigenvalue weighted by Crippen LogP contribution is -2.51. The van der Waals surface area contributed by atoms with Crippen molar-refractivity contribution >= 4 is 11.9 Å². The summed E-state index contributed by atoms with van der Waals surface area (Å²) in [5.41, 5.74) is 0. The number of aliphatic carboxylic acids is 2. The largest absolute Gasteiger partial charge is 0.546 e. The van der Waals surface area contributed by atoms with Crippen LogP contribution in [0, 0.1) is 0 Å². The summed E-state index contributed by atoms with van der Waals surface area (Å²) in [6.45, 7) is 2.06. The van der Waals surface area contributed by atoms with Crippen LogP contribution in [0.5, 0.6) is 11.5 Å². The third kappa shape index (κ3) is 3.37. The van der Waals surface area contributed by atoms with Gasteiger partial charge in [0.2, 0.25) is 0 Å². The van der Waals surface area contributed by atoms with E-state index >= 15 is 0 Å². The Labute approximate surface area is 97.4 Å². The number of hydrogen-bond donors (Lipinski definition) is 0. The number of para-hydroxylation sites is 2. The first-order chi connectivity index (χ1) is 8.06. The van der Waals surface area contributed by atoms with Gasteiger partial charge in [-0.15, -0.1) is 0 Å². The van der Waals surface area contributed by atoms with Crippen LogP contribution in [0.3, 0.4) is 0 Å². The maximum absolute atomic E-state index is 10.5. The lowest BCUT2D eigenvalue weighted by Gasteiger charge is -2.21. The summed E-state index contributed by atoms with van der Waals surface area (Å²) in [4.78, 5) is 21.0. The Morgan fingerprint density at radius 3 is 2.18 bits per heavy atom. The molecule has 92 valence electrons. The Hall–Kier alpha value is -2.24. The fourth-order valence-corrected chi connectivity index (χ4v) is 1.14. The lowest BCUT2D eigenvalue weighted by molar-refractivity contribution is -0.334. The van der Waals surface area contributed by atoms with Gasteiger partial charge in [-0.25, -0.2) is 0 Å². The van der Waals surface area contributed by atoms with Crippen molar-refractivity contribution in [3.8, 4) is 11.5 Å². The van der Waals surface area contributed by atoms with Crippen molar-refractivity contribution < 1.29 is 29.3 Å². The van der Waals surface area contributed by atoms with E-state index in [0.29, 0.717) is 6.61 Å². The summed E-state index contributed by atoms with van der Waals surface area (Å²) >= 11 is 0. The predicted octanol–water partition coefficient (Wildman–Crippen LogP) is -1.67. The van der Waals surface area contributed by atoms with Crippen LogP contribution >= 0.6 is 0 Å². The molecule has 6 nitrogen and oxygen atoms in total. The van der Waals surface area contributed by atoms with Crippen molar-refractivity contribution in [3.05, 3.63) is 24.3 Å². The average Bonchev–Trinajstić information content (AvgIpc) is 2.27. The second-order valence-electron chi connectivity index (χ2n) is 3.02. The van der Waals surface area contributed by atoms with Crippen molar-refractivity contribution in [1.29, 1.82) is 0 Å². The van der Waals surface area contributed by atoms with Gasteiger partial charge in [0.25, 0.3) is 0 Å². The molecule has 6 heteroatoms. The third-order valence-electron chi connectivity index (χ3n) is 1.82. The van der Waals surface area contributed by atoms with E-state index in [0.717, 1.165) is 0 Å². The molecule has 0 spiro atoms. The zero-order valence-corrected chi connectivity index (χ0v) is 9.04. The van der Waals surface area contributed by atoms with Gasteiger partial charge >= 0.3 is 0 Å². The molecular weight excluding hydrogens is 228 g/mol. The Bertz CT molecular complexity index is 400. The fourth-order valence-electron chi connectivity index (χ4n) is 1.14. The molecule has 0 aliphatic rings. The highest BCUT2D eigenvalue weighted by Crippen LogP contribution is 2.27. The minimum Gasteiger partial charge on any atom is -0.546 e. The molecule has 0 unspecified atom stereocenters. The van der Waals surface area contributed by atoms with Crippen LogP contribution in [0.25, 0.3) is 0 Å². The number of rotatable bonds is 6. The summed E-state index contributed by atoms with van der Waals surface area (Å²) < 4.78 is 9.92. The molecule has 0 bridgehead atoms. The van der Waals surface area contributed by atoms with E-state index in [1.165, 1.54) is 12.1 Å². The number of carboxylic acids is 2. The van der Waals surface area contributed by atoms with Gasteiger partial charge in [0.15, 0.2) is 17.6 Å². The molecule has 0 radical (unpaired) electrons. The van der Waals surface area contributed by atoms with E-state index in [2.05, 4.69) is 0 Å². The number of ether oxygens (including phenoxy) is 2. The molecule has 0 saturated heterocycles. The first kappa shape index (κ1) is 12.8. The smallest absolute Gasteiger partial charge is 0.177 e. The summed E-state index contributed by atoms with van der Waals surface area (Å²) in [6, 6.07) is 6.12. The average molecular weight is 238 g/mol. The van der Waals surface area contributed by atoms with Crippen LogP contribution in [0.15, 0.2) is 24.3 Å². The zero-order valence-electron chi connectivity index (χ0n) is 9.04. The van der Waals surface area contributed by atoms with Crippen LogP contribution in [0.1, 0.15) is 6.92 Å². The first-order valence-corrected chi connectivity index (χ1v) is 4.86. The van der Waals surface area contributed by atoms with Crippen molar-refractivity contribution in [2.24, 2.45) is 0 Å². The van der Waals surface area contributed by atoms with Crippen LogP contribution < -0.4 is 19.7 Å². The Morgan fingerprint density at radius 1 is 1.18 bits per heavy atom. The number of carbonyl (C=O) groups is 2. The van der Waals surface area contributed by atoms with Gasteiger partial charge in [-0.2, -0.15) is 0 Å². The van der Waals surface area contributed by atoms with Crippen LogP contribution in [0.2, 0.25) is 0 Å². The fraction of sp³-hybridized carbons (Fsp3) is 0.273. The molecule has 17 heavy (non-hydrogen) atoms. The lowest BCUT2D eigenvalue weighted by atomic mass is 10.3. The van der Waals surface area contributed by atoms with Crippen molar-refractivity contribution in [1.82, 2.24) is 0 Å². The van der Waals surface area contributed by atoms with E-state index in [1.807, 2.05) is 0 Å². The molecule has 0 aromatic heterocycles. The standard InChI is InChI=1S/C11H12O6/c1-2-16-7-5-3-4-6-8(7)17-9(10(12)13)11(14)15/h3-6,9H,2H2,1H3,(H,12,13)(H,14,15)/p-2. The highest BCUT2D eigenvalue weighted by Gasteiger charge is 2.15. The Balaban J connectivity index is 2.92. The molecular formula is C11H10O6-2. The molecule has 0 aliphatic carbocycles. The molecule has 0 aliphatic heterocycles. The maximum atomic E-state index is 10.5. The van der Waals surface area contributed by atoms with Gasteiger partial charge in [0.1, 0.15) is 0 Å². The molecule has 0 heterocycles. The van der Waals surface area contributed by atoms with Gasteiger partial charge in [0.05, 0.1) is 18.5 Å². The minimum absolute atomic E-state index is 0.00718. The molecule has 0 fully saturated rings. The summed E-state index contributed by atoms with van der Waals surface area (Å²) in [5.74, 6) is -3.50.